The molecule has 0 aliphatic carbocycles. The van der Waals surface area contributed by atoms with Crippen molar-refractivity contribution in [1.29, 1.82) is 0 Å². The first kappa shape index (κ1) is 12.5. The Bertz CT molecular complexity index is 581. The zero-order valence-electron chi connectivity index (χ0n) is 9.85. The summed E-state index contributed by atoms with van der Waals surface area (Å²) in [6.45, 7) is 5.38. The molecule has 92 valence electrons. The molecule has 0 fully saturated rings. The normalized spacial score (nSPS) is 17.3. The van der Waals surface area contributed by atoms with Gasteiger partial charge in [0.25, 0.3) is 0 Å². The van der Waals surface area contributed by atoms with Crippen LogP contribution in [0.5, 0.6) is 5.75 Å². The number of allylic oxidation sites excluding steroid dienone is 3. The molecule has 0 bridgehead atoms. The van der Waals surface area contributed by atoms with Crippen LogP contribution in [-0.4, -0.2) is 11.3 Å². The second-order valence-electron chi connectivity index (χ2n) is 3.83. The van der Waals surface area contributed by atoms with Crippen molar-refractivity contribution in [1.82, 2.24) is 0 Å². The van der Waals surface area contributed by atoms with E-state index in [2.05, 4.69) is 11.6 Å². The van der Waals surface area contributed by atoms with Crippen molar-refractivity contribution in [2.75, 3.05) is 0 Å². The Balaban J connectivity index is 2.42. The maximum Gasteiger partial charge on any atom is 0.152 e. The molecule has 0 aromatic heterocycles. The van der Waals surface area contributed by atoms with Crippen LogP contribution in [0, 0.1) is 0 Å². The maximum atomic E-state index is 9.15. The van der Waals surface area contributed by atoms with Gasteiger partial charge in [0.05, 0.1) is 11.5 Å². The number of halogens is 1. The SMILES string of the molecule is C=C1N=Cc2cc(Cl)ccc2O/C1=C/C=C(\C)O. The summed E-state index contributed by atoms with van der Waals surface area (Å²) in [6, 6.07) is 5.28. The summed E-state index contributed by atoms with van der Waals surface area (Å²) in [5, 5.41) is 9.77. The molecule has 1 heterocycles. The molecule has 1 aliphatic rings. The summed E-state index contributed by atoms with van der Waals surface area (Å²) >= 11 is 5.91. The lowest BCUT2D eigenvalue weighted by Crippen LogP contribution is -1.96. The molecule has 18 heavy (non-hydrogen) atoms. The van der Waals surface area contributed by atoms with E-state index in [1.807, 2.05) is 0 Å². The number of aliphatic hydroxyl groups is 1. The molecule has 2 rings (SSSR count). The number of rotatable bonds is 1. The second kappa shape index (κ2) is 5.10. The average molecular weight is 262 g/mol. The molecule has 0 radical (unpaired) electrons. The molecular weight excluding hydrogens is 250 g/mol. The molecule has 0 saturated heterocycles. The number of aliphatic imine (C=N–C) groups is 1. The monoisotopic (exact) mass is 261 g/mol. The van der Waals surface area contributed by atoms with Gasteiger partial charge in [-0.2, -0.15) is 0 Å². The van der Waals surface area contributed by atoms with Crippen LogP contribution in [0.25, 0.3) is 0 Å². The number of fused-ring (bicyclic) bond motifs is 1. The van der Waals surface area contributed by atoms with E-state index in [-0.39, 0.29) is 5.76 Å². The molecule has 1 N–H and O–H groups in total. The van der Waals surface area contributed by atoms with E-state index >= 15 is 0 Å². The highest BCUT2D eigenvalue weighted by Crippen LogP contribution is 2.28. The second-order valence-corrected chi connectivity index (χ2v) is 4.26. The Morgan fingerprint density at radius 3 is 3.00 bits per heavy atom. The summed E-state index contributed by atoms with van der Waals surface area (Å²) in [5.41, 5.74) is 1.27. The van der Waals surface area contributed by atoms with Crippen LogP contribution in [-0.2, 0) is 0 Å². The van der Waals surface area contributed by atoms with Crippen molar-refractivity contribution in [2.45, 2.75) is 6.92 Å². The number of nitrogens with zero attached hydrogens (tertiary/aromatic N) is 1. The lowest BCUT2D eigenvalue weighted by Gasteiger charge is -2.08. The van der Waals surface area contributed by atoms with E-state index in [0.29, 0.717) is 22.2 Å². The molecule has 3 nitrogen and oxygen atoms in total. The molecule has 0 spiro atoms. The van der Waals surface area contributed by atoms with Crippen LogP contribution >= 0.6 is 11.6 Å². The zero-order valence-corrected chi connectivity index (χ0v) is 10.6. The molecule has 1 aliphatic heterocycles. The van der Waals surface area contributed by atoms with Gasteiger partial charge in [0, 0.05) is 16.8 Å². The summed E-state index contributed by atoms with van der Waals surface area (Å²) in [4.78, 5) is 4.18. The molecule has 0 saturated carbocycles. The smallest absolute Gasteiger partial charge is 0.152 e. The van der Waals surface area contributed by atoms with E-state index < -0.39 is 0 Å². The van der Waals surface area contributed by atoms with Crippen LogP contribution in [0.4, 0.5) is 0 Å². The Morgan fingerprint density at radius 1 is 1.50 bits per heavy atom. The summed E-state index contributed by atoms with van der Waals surface area (Å²) in [5.74, 6) is 1.32. The largest absolute Gasteiger partial charge is 0.513 e. The number of hydrogen-bond acceptors (Lipinski definition) is 3. The minimum Gasteiger partial charge on any atom is -0.513 e. The van der Waals surface area contributed by atoms with Crippen LogP contribution in [0.2, 0.25) is 5.02 Å². The number of benzene rings is 1. The Morgan fingerprint density at radius 2 is 2.28 bits per heavy atom. The van der Waals surface area contributed by atoms with Gasteiger partial charge in [-0.1, -0.05) is 18.2 Å². The van der Waals surface area contributed by atoms with Crippen molar-refractivity contribution in [3.05, 3.63) is 64.7 Å². The van der Waals surface area contributed by atoms with Gasteiger partial charge in [0.2, 0.25) is 0 Å². The summed E-state index contributed by atoms with van der Waals surface area (Å²) in [6.07, 6.45) is 4.80. The van der Waals surface area contributed by atoms with E-state index in [9.17, 15) is 0 Å². The van der Waals surface area contributed by atoms with E-state index in [0.717, 1.165) is 5.56 Å². The lowest BCUT2D eigenvalue weighted by atomic mass is 10.2. The predicted molar refractivity (Wildman–Crippen MR) is 73.3 cm³/mol. The van der Waals surface area contributed by atoms with E-state index in [1.54, 1.807) is 37.4 Å². The van der Waals surface area contributed by atoms with Gasteiger partial charge >= 0.3 is 0 Å². The fraction of sp³-hybridized carbons (Fsp3) is 0.0714. The highest BCUT2D eigenvalue weighted by atomic mass is 35.5. The van der Waals surface area contributed by atoms with Crippen LogP contribution in [0.1, 0.15) is 12.5 Å². The van der Waals surface area contributed by atoms with Crippen LogP contribution < -0.4 is 4.74 Å². The highest BCUT2D eigenvalue weighted by Gasteiger charge is 2.12. The first-order valence-corrected chi connectivity index (χ1v) is 5.72. The Kier molecular flexibility index (Phi) is 3.53. The molecule has 0 amide bonds. The van der Waals surface area contributed by atoms with Gasteiger partial charge in [-0.05, 0) is 37.3 Å². The Labute approximate surface area is 110 Å². The molecule has 4 heteroatoms. The third kappa shape index (κ3) is 2.81. The first-order chi connectivity index (χ1) is 8.56. The molecule has 0 atom stereocenters. The van der Waals surface area contributed by atoms with Crippen molar-refractivity contribution >= 4 is 17.8 Å². The van der Waals surface area contributed by atoms with Crippen LogP contribution in [0.15, 0.2) is 59.1 Å². The van der Waals surface area contributed by atoms with Gasteiger partial charge in [0.15, 0.2) is 5.76 Å². The minimum absolute atomic E-state index is 0.184. The highest BCUT2D eigenvalue weighted by molar-refractivity contribution is 6.30. The van der Waals surface area contributed by atoms with E-state index in [1.165, 1.54) is 6.08 Å². The third-order valence-corrected chi connectivity index (χ3v) is 2.55. The topological polar surface area (TPSA) is 41.8 Å². The number of ether oxygens (including phenoxy) is 1. The van der Waals surface area contributed by atoms with Crippen LogP contribution in [0.3, 0.4) is 0 Å². The molecule has 0 unspecified atom stereocenters. The van der Waals surface area contributed by atoms with E-state index in [4.69, 9.17) is 21.4 Å². The minimum atomic E-state index is 0.184. The van der Waals surface area contributed by atoms with Crippen molar-refractivity contribution in [3.63, 3.8) is 0 Å². The Hall–Kier alpha value is -2.00. The quantitative estimate of drug-likeness (QED) is 0.776. The van der Waals surface area contributed by atoms with Gasteiger partial charge in [-0.3, -0.25) is 4.99 Å². The standard InChI is InChI=1S/C14H12ClNO2/c1-9(17)3-5-13-10(2)16-8-11-7-12(15)4-6-14(11)18-13/h3-8,17H,2H2,1H3/b9-3+,13-5+. The third-order valence-electron chi connectivity index (χ3n) is 2.31. The van der Waals surface area contributed by atoms with Crippen molar-refractivity contribution < 1.29 is 9.84 Å². The lowest BCUT2D eigenvalue weighted by molar-refractivity contribution is 0.412. The predicted octanol–water partition coefficient (Wildman–Crippen LogP) is 4.01. The fourth-order valence-electron chi connectivity index (χ4n) is 1.43. The average Bonchev–Trinajstić information content (AvgIpc) is 2.47. The van der Waals surface area contributed by atoms with Gasteiger partial charge < -0.3 is 9.84 Å². The number of aliphatic hydroxyl groups excluding tert-OH is 1. The van der Waals surface area contributed by atoms with Crippen molar-refractivity contribution in [2.24, 2.45) is 4.99 Å². The molecule has 1 aromatic carbocycles. The summed E-state index contributed by atoms with van der Waals surface area (Å²) in [7, 11) is 0. The zero-order chi connectivity index (χ0) is 13.1. The van der Waals surface area contributed by atoms with Crippen molar-refractivity contribution in [3.8, 4) is 5.75 Å². The first-order valence-electron chi connectivity index (χ1n) is 5.34. The fourth-order valence-corrected chi connectivity index (χ4v) is 1.61. The summed E-state index contributed by atoms with van der Waals surface area (Å²) < 4.78 is 5.70. The van der Waals surface area contributed by atoms with Gasteiger partial charge in [-0.15, -0.1) is 0 Å². The molecular formula is C14H12ClNO2. The van der Waals surface area contributed by atoms with Gasteiger partial charge in [0.1, 0.15) is 5.75 Å². The van der Waals surface area contributed by atoms with Gasteiger partial charge in [-0.25, -0.2) is 0 Å². The number of hydrogen-bond donors (Lipinski definition) is 1. The maximum absolute atomic E-state index is 9.15. The molecule has 1 aromatic rings.